The van der Waals surface area contributed by atoms with Crippen LogP contribution in [0.15, 0.2) is 118 Å². The monoisotopic (exact) mass is 767 g/mol. The molecule has 8 rings (SSSR count). The summed E-state index contributed by atoms with van der Waals surface area (Å²) in [5, 5.41) is 6.24. The molecule has 9 nitrogen and oxygen atoms in total. The van der Waals surface area contributed by atoms with Crippen LogP contribution in [-0.2, 0) is 0 Å². The predicted octanol–water partition coefficient (Wildman–Crippen LogP) is 9.16. The fraction of sp³-hybridized carbons (Fsp3) is 0.103. The van der Waals surface area contributed by atoms with Gasteiger partial charge in [0.05, 0.1) is 43.7 Å². The molecule has 2 atom stereocenters. The molecule has 0 saturated heterocycles. The molecule has 0 bridgehead atoms. The first-order valence-corrected chi connectivity index (χ1v) is 17.9. The molecule has 53 heavy (non-hydrogen) atoms. The molecule has 0 amide bonds. The number of pyridine rings is 2. The summed E-state index contributed by atoms with van der Waals surface area (Å²) in [5.74, 6) is -0.294. The fourth-order valence-corrected chi connectivity index (χ4v) is 7.33. The number of hydrogen-bond acceptors (Lipinski definition) is 8. The predicted molar refractivity (Wildman–Crippen MR) is 209 cm³/mol. The van der Waals surface area contributed by atoms with Crippen LogP contribution in [0.25, 0.3) is 43.3 Å². The van der Waals surface area contributed by atoms with Gasteiger partial charge in [0.1, 0.15) is 28.3 Å². The van der Waals surface area contributed by atoms with Crippen LogP contribution in [0.3, 0.4) is 0 Å². The highest BCUT2D eigenvalue weighted by Gasteiger charge is 2.20. The zero-order chi connectivity index (χ0) is 37.4. The molecule has 266 valence electrons. The van der Waals surface area contributed by atoms with Gasteiger partial charge < -0.3 is 11.1 Å². The first-order valence-electron chi connectivity index (χ1n) is 16.3. The molecule has 0 aliphatic rings. The largest absolute Gasteiger partial charge is 0.360 e. The van der Waals surface area contributed by atoms with Crippen LogP contribution in [0.5, 0.6) is 0 Å². The van der Waals surface area contributed by atoms with Crippen LogP contribution in [0.1, 0.15) is 37.3 Å². The van der Waals surface area contributed by atoms with Crippen molar-refractivity contribution in [2.75, 3.05) is 5.32 Å². The fourth-order valence-electron chi connectivity index (χ4n) is 6.17. The summed E-state index contributed by atoms with van der Waals surface area (Å²) in [5.41, 5.74) is 9.81. The standard InChI is InChI=1S/C22H15ClFN5OS.C17H14ClFN2O/c1-12(28-20-19-21(26-10-25-20)31-11-27-19)17-8-13-4-2-7-16(23)18(13)22(30)29(17)15-6-3-5-14(24)9-15;1-10(20)15-8-11-4-2-7-14(18)16(11)17(22)21(15)13-6-3-5-12(19)9-13/h2-12H,1H3,(H,25,26,28);2-10H,20H2,1H3/t12-;10-/m00/s1. The number of aromatic nitrogens is 5. The van der Waals surface area contributed by atoms with E-state index >= 15 is 0 Å². The van der Waals surface area contributed by atoms with Crippen LogP contribution in [0, 0.1) is 11.6 Å². The van der Waals surface area contributed by atoms with E-state index in [1.54, 1.807) is 61.0 Å². The molecule has 8 aromatic rings. The number of nitrogens with two attached hydrogens (primary N) is 1. The van der Waals surface area contributed by atoms with Gasteiger partial charge in [0.2, 0.25) is 0 Å². The molecule has 0 saturated carbocycles. The molecule has 0 spiro atoms. The number of hydrogen-bond donors (Lipinski definition) is 2. The van der Waals surface area contributed by atoms with E-state index in [2.05, 4.69) is 20.3 Å². The highest BCUT2D eigenvalue weighted by molar-refractivity contribution is 7.16. The molecule has 0 unspecified atom stereocenters. The lowest BCUT2D eigenvalue weighted by Gasteiger charge is -2.21. The summed E-state index contributed by atoms with van der Waals surface area (Å²) in [4.78, 5) is 40.0. The lowest BCUT2D eigenvalue weighted by molar-refractivity contribution is 0.624. The van der Waals surface area contributed by atoms with E-state index < -0.39 is 11.6 Å². The first kappa shape index (κ1) is 35.9. The summed E-state index contributed by atoms with van der Waals surface area (Å²) in [6.45, 7) is 3.68. The van der Waals surface area contributed by atoms with Crippen molar-refractivity contribution in [3.8, 4) is 11.4 Å². The Kier molecular flexibility index (Phi) is 10.0. The van der Waals surface area contributed by atoms with Crippen molar-refractivity contribution < 1.29 is 8.78 Å². The molecule has 4 aromatic heterocycles. The van der Waals surface area contributed by atoms with Crippen molar-refractivity contribution in [1.29, 1.82) is 0 Å². The minimum Gasteiger partial charge on any atom is -0.360 e. The number of fused-ring (bicyclic) bond motifs is 3. The SMILES string of the molecule is C[C@H](N)c1cc2cccc(Cl)c2c(=O)n1-c1cccc(F)c1.C[C@H](Nc1ncnc2scnc12)c1cc2cccc(Cl)c2c(=O)n1-c1cccc(F)c1. The number of nitrogens with one attached hydrogen (secondary N) is 1. The normalized spacial score (nSPS) is 12.4. The zero-order valence-corrected chi connectivity index (χ0v) is 30.4. The van der Waals surface area contributed by atoms with Crippen molar-refractivity contribution in [1.82, 2.24) is 24.1 Å². The highest BCUT2D eigenvalue weighted by atomic mass is 35.5. The van der Waals surface area contributed by atoms with Crippen LogP contribution >= 0.6 is 34.5 Å². The lowest BCUT2D eigenvalue weighted by Crippen LogP contribution is -2.26. The maximum absolute atomic E-state index is 14.0. The molecule has 14 heteroatoms. The van der Waals surface area contributed by atoms with E-state index in [1.807, 2.05) is 31.2 Å². The molecule has 0 aliphatic carbocycles. The van der Waals surface area contributed by atoms with Gasteiger partial charge in [-0.15, -0.1) is 11.3 Å². The van der Waals surface area contributed by atoms with Crippen molar-refractivity contribution in [3.63, 3.8) is 0 Å². The Balaban J connectivity index is 0.000000174. The smallest absolute Gasteiger partial charge is 0.264 e. The zero-order valence-electron chi connectivity index (χ0n) is 28.1. The van der Waals surface area contributed by atoms with E-state index in [1.165, 1.54) is 51.1 Å². The molecule has 3 N–H and O–H groups in total. The van der Waals surface area contributed by atoms with Gasteiger partial charge >= 0.3 is 0 Å². The second-order valence-corrected chi connectivity index (χ2v) is 13.8. The second-order valence-electron chi connectivity index (χ2n) is 12.2. The maximum Gasteiger partial charge on any atom is 0.264 e. The third kappa shape index (κ3) is 7.01. The maximum atomic E-state index is 14.0. The van der Waals surface area contributed by atoms with Crippen molar-refractivity contribution in [2.24, 2.45) is 5.73 Å². The Morgan fingerprint density at radius 3 is 1.79 bits per heavy atom. The summed E-state index contributed by atoms with van der Waals surface area (Å²) >= 11 is 13.9. The van der Waals surface area contributed by atoms with Gasteiger partial charge in [0, 0.05) is 17.4 Å². The number of benzene rings is 4. The van der Waals surface area contributed by atoms with E-state index in [4.69, 9.17) is 28.9 Å². The van der Waals surface area contributed by atoms with Crippen molar-refractivity contribution >= 4 is 72.2 Å². The van der Waals surface area contributed by atoms with E-state index in [0.29, 0.717) is 60.3 Å². The Labute approximate surface area is 314 Å². The molecular formula is C39H29Cl2F2N7O2S. The molecule has 0 fully saturated rings. The number of rotatable bonds is 6. The molecule has 4 heterocycles. The van der Waals surface area contributed by atoms with Gasteiger partial charge in [-0.05, 0) is 85.3 Å². The van der Waals surface area contributed by atoms with Crippen LogP contribution < -0.4 is 22.2 Å². The number of halogens is 4. The third-order valence-electron chi connectivity index (χ3n) is 8.58. The lowest BCUT2D eigenvalue weighted by atomic mass is 10.1. The van der Waals surface area contributed by atoms with Gasteiger partial charge in [0.15, 0.2) is 5.82 Å². The molecular weight excluding hydrogens is 739 g/mol. The van der Waals surface area contributed by atoms with Gasteiger partial charge in [0.25, 0.3) is 11.1 Å². The number of nitrogens with zero attached hydrogens (tertiary/aromatic N) is 5. The van der Waals surface area contributed by atoms with Gasteiger partial charge in [-0.2, -0.15) is 0 Å². The van der Waals surface area contributed by atoms with Crippen LogP contribution in [0.2, 0.25) is 10.0 Å². The summed E-state index contributed by atoms with van der Waals surface area (Å²) in [7, 11) is 0. The first-order chi connectivity index (χ1) is 25.5. The molecule has 4 aromatic carbocycles. The van der Waals surface area contributed by atoms with E-state index in [0.717, 1.165) is 10.2 Å². The molecule has 0 aliphatic heterocycles. The Bertz CT molecular complexity index is 2790. The third-order valence-corrected chi connectivity index (χ3v) is 9.94. The van der Waals surface area contributed by atoms with Crippen molar-refractivity contribution in [2.45, 2.75) is 25.9 Å². The topological polar surface area (TPSA) is 121 Å². The average Bonchev–Trinajstić information content (AvgIpc) is 3.62. The minimum absolute atomic E-state index is 0.305. The van der Waals surface area contributed by atoms with Gasteiger partial charge in [-0.25, -0.2) is 23.7 Å². The van der Waals surface area contributed by atoms with Crippen LogP contribution in [0.4, 0.5) is 14.6 Å². The molecule has 0 radical (unpaired) electrons. The number of anilines is 1. The van der Waals surface area contributed by atoms with Gasteiger partial charge in [-0.1, -0.05) is 59.6 Å². The van der Waals surface area contributed by atoms with E-state index in [-0.39, 0.29) is 23.2 Å². The van der Waals surface area contributed by atoms with Gasteiger partial charge in [-0.3, -0.25) is 18.7 Å². The highest BCUT2D eigenvalue weighted by Crippen LogP contribution is 2.29. The minimum atomic E-state index is -0.435. The summed E-state index contributed by atoms with van der Waals surface area (Å²) in [6.07, 6.45) is 1.47. The van der Waals surface area contributed by atoms with Crippen molar-refractivity contribution in [3.05, 3.63) is 163 Å². The Morgan fingerprint density at radius 1 is 0.717 bits per heavy atom. The average molecular weight is 769 g/mol. The Hall–Kier alpha value is -5.53. The quantitative estimate of drug-likeness (QED) is 0.173. The summed E-state index contributed by atoms with van der Waals surface area (Å²) in [6, 6.07) is 25.3. The number of thiazole rings is 1. The van der Waals surface area contributed by atoms with Crippen LogP contribution in [-0.4, -0.2) is 24.1 Å². The van der Waals surface area contributed by atoms with E-state index in [9.17, 15) is 18.4 Å². The second kappa shape index (κ2) is 14.8. The summed E-state index contributed by atoms with van der Waals surface area (Å²) < 4.78 is 30.5. The Morgan fingerprint density at radius 2 is 1.25 bits per heavy atom.